The van der Waals surface area contributed by atoms with E-state index in [-0.39, 0.29) is 17.9 Å². The lowest BCUT2D eigenvalue weighted by Crippen LogP contribution is -2.55. The van der Waals surface area contributed by atoms with Crippen LogP contribution < -0.4 is 5.32 Å². The Morgan fingerprint density at radius 3 is 2.79 bits per heavy atom. The summed E-state index contributed by atoms with van der Waals surface area (Å²) < 4.78 is 10.8. The number of carbonyl (C=O) groups excluding carboxylic acids is 2. The van der Waals surface area contributed by atoms with Crippen LogP contribution >= 0.6 is 0 Å². The Bertz CT molecular complexity index is 353. The third-order valence-corrected chi connectivity index (χ3v) is 4.03. The van der Waals surface area contributed by atoms with Gasteiger partial charge in [0.15, 0.2) is 5.60 Å². The number of nitrogens with one attached hydrogen (secondary N) is 1. The van der Waals surface area contributed by atoms with Crippen molar-refractivity contribution >= 4 is 11.8 Å². The van der Waals surface area contributed by atoms with Crippen LogP contribution in [0.5, 0.6) is 0 Å². The van der Waals surface area contributed by atoms with Gasteiger partial charge in [0.05, 0.1) is 0 Å². The predicted molar refractivity (Wildman–Crippen MR) is 68.6 cm³/mol. The van der Waals surface area contributed by atoms with Crippen LogP contribution in [0.3, 0.4) is 0 Å². The molecule has 2 heterocycles. The van der Waals surface area contributed by atoms with E-state index in [9.17, 15) is 9.59 Å². The molecule has 0 aliphatic carbocycles. The van der Waals surface area contributed by atoms with E-state index in [4.69, 9.17) is 9.47 Å². The average molecular weight is 270 g/mol. The first kappa shape index (κ1) is 14.3. The molecule has 19 heavy (non-hydrogen) atoms. The Hall–Kier alpha value is -1.14. The maximum Gasteiger partial charge on any atom is 0.255 e. The molecule has 2 aliphatic heterocycles. The molecule has 2 aliphatic rings. The summed E-state index contributed by atoms with van der Waals surface area (Å²) in [6, 6.07) is -0.0927. The lowest BCUT2D eigenvalue weighted by molar-refractivity contribution is -0.168. The Morgan fingerprint density at radius 2 is 2.16 bits per heavy atom. The van der Waals surface area contributed by atoms with Crippen LogP contribution in [0.2, 0.25) is 0 Å². The Morgan fingerprint density at radius 1 is 1.47 bits per heavy atom. The highest BCUT2D eigenvalue weighted by Crippen LogP contribution is 2.28. The van der Waals surface area contributed by atoms with Gasteiger partial charge in [0.2, 0.25) is 5.91 Å². The second-order valence-corrected chi connectivity index (χ2v) is 5.21. The summed E-state index contributed by atoms with van der Waals surface area (Å²) in [6.07, 6.45) is 1.50. The highest BCUT2D eigenvalue weighted by atomic mass is 16.5. The molecule has 0 aromatic heterocycles. The molecule has 1 unspecified atom stereocenters. The second-order valence-electron chi connectivity index (χ2n) is 5.21. The first-order valence-electron chi connectivity index (χ1n) is 6.80. The third-order valence-electron chi connectivity index (χ3n) is 4.03. The van der Waals surface area contributed by atoms with E-state index in [2.05, 4.69) is 5.32 Å². The maximum absolute atomic E-state index is 12.8. The number of hydrogen-bond donors (Lipinski definition) is 1. The zero-order chi connectivity index (χ0) is 13.9. The number of carbonyl (C=O) groups is 2. The molecule has 2 fully saturated rings. The van der Waals surface area contributed by atoms with Gasteiger partial charge in [-0.05, 0) is 6.92 Å². The van der Waals surface area contributed by atoms with Crippen molar-refractivity contribution in [2.24, 2.45) is 0 Å². The number of ether oxygens (including phenoxy) is 2. The van der Waals surface area contributed by atoms with E-state index in [0.717, 1.165) is 0 Å². The summed E-state index contributed by atoms with van der Waals surface area (Å²) in [5.74, 6) is -0.0106. The number of nitrogens with zero attached hydrogens (tertiary/aromatic N) is 1. The van der Waals surface area contributed by atoms with Gasteiger partial charge in [-0.1, -0.05) is 0 Å². The van der Waals surface area contributed by atoms with E-state index in [1.54, 1.807) is 12.0 Å². The summed E-state index contributed by atoms with van der Waals surface area (Å²) >= 11 is 0. The summed E-state index contributed by atoms with van der Waals surface area (Å²) in [7, 11) is 1.58. The van der Waals surface area contributed by atoms with Crippen molar-refractivity contribution in [3.63, 3.8) is 0 Å². The summed E-state index contributed by atoms with van der Waals surface area (Å²) in [4.78, 5) is 26.0. The van der Waals surface area contributed by atoms with Gasteiger partial charge in [0.25, 0.3) is 5.91 Å². The van der Waals surface area contributed by atoms with E-state index in [1.807, 2.05) is 6.92 Å². The van der Waals surface area contributed by atoms with Crippen molar-refractivity contribution in [1.29, 1.82) is 0 Å². The summed E-state index contributed by atoms with van der Waals surface area (Å²) in [6.45, 7) is 4.03. The molecule has 0 spiro atoms. The van der Waals surface area contributed by atoms with Crippen molar-refractivity contribution < 1.29 is 19.1 Å². The molecular formula is C13H22N2O4. The van der Waals surface area contributed by atoms with Crippen molar-refractivity contribution in [3.05, 3.63) is 0 Å². The first-order chi connectivity index (χ1) is 9.09. The van der Waals surface area contributed by atoms with Crippen molar-refractivity contribution in [3.8, 4) is 0 Å². The number of amides is 2. The normalized spacial score (nSPS) is 27.6. The van der Waals surface area contributed by atoms with Gasteiger partial charge < -0.3 is 19.7 Å². The molecule has 108 valence electrons. The van der Waals surface area contributed by atoms with Crippen LogP contribution in [0.25, 0.3) is 0 Å². The van der Waals surface area contributed by atoms with Crippen molar-refractivity contribution in [2.75, 3.05) is 33.4 Å². The molecule has 0 aromatic carbocycles. The van der Waals surface area contributed by atoms with Crippen LogP contribution in [0.1, 0.15) is 26.2 Å². The minimum Gasteiger partial charge on any atom is -0.381 e. The van der Waals surface area contributed by atoms with E-state index < -0.39 is 5.60 Å². The molecule has 2 amide bonds. The van der Waals surface area contributed by atoms with Crippen LogP contribution in [0.4, 0.5) is 0 Å². The molecule has 2 saturated heterocycles. The van der Waals surface area contributed by atoms with Gasteiger partial charge in [0, 0.05) is 58.7 Å². The second kappa shape index (κ2) is 5.88. The molecule has 0 radical (unpaired) electrons. The lowest BCUT2D eigenvalue weighted by atomic mass is 9.91. The van der Waals surface area contributed by atoms with Crippen molar-refractivity contribution in [2.45, 2.75) is 37.8 Å². The molecule has 1 atom stereocenters. The largest absolute Gasteiger partial charge is 0.381 e. The maximum atomic E-state index is 12.8. The minimum atomic E-state index is -0.778. The van der Waals surface area contributed by atoms with Crippen LogP contribution in [-0.2, 0) is 19.1 Å². The standard InChI is InChI=1S/C13H22N2O4/c1-10-9-11(16)14-5-6-15(10)12(17)13(18-2)3-7-19-8-4-13/h10H,3-9H2,1-2H3,(H,14,16). The number of hydrogen-bond acceptors (Lipinski definition) is 4. The Labute approximate surface area is 113 Å². The number of methoxy groups -OCH3 is 1. The van der Waals surface area contributed by atoms with Gasteiger partial charge >= 0.3 is 0 Å². The molecule has 0 saturated carbocycles. The van der Waals surface area contributed by atoms with Crippen LogP contribution in [-0.4, -0.2) is 61.8 Å². The fraction of sp³-hybridized carbons (Fsp3) is 0.846. The quantitative estimate of drug-likeness (QED) is 0.762. The highest BCUT2D eigenvalue weighted by Gasteiger charge is 2.44. The molecule has 0 bridgehead atoms. The van der Waals surface area contributed by atoms with Gasteiger partial charge in [-0.15, -0.1) is 0 Å². The smallest absolute Gasteiger partial charge is 0.255 e. The molecule has 6 heteroatoms. The Kier molecular flexibility index (Phi) is 4.42. The fourth-order valence-electron chi connectivity index (χ4n) is 2.76. The van der Waals surface area contributed by atoms with Gasteiger partial charge in [-0.2, -0.15) is 0 Å². The number of rotatable bonds is 2. The van der Waals surface area contributed by atoms with E-state index in [0.29, 0.717) is 45.6 Å². The monoisotopic (exact) mass is 270 g/mol. The van der Waals surface area contributed by atoms with Crippen molar-refractivity contribution in [1.82, 2.24) is 10.2 Å². The fourth-order valence-corrected chi connectivity index (χ4v) is 2.76. The molecule has 2 rings (SSSR count). The molecular weight excluding hydrogens is 248 g/mol. The zero-order valence-electron chi connectivity index (χ0n) is 11.6. The van der Waals surface area contributed by atoms with Crippen LogP contribution in [0.15, 0.2) is 0 Å². The first-order valence-corrected chi connectivity index (χ1v) is 6.80. The van der Waals surface area contributed by atoms with Gasteiger partial charge in [-0.3, -0.25) is 9.59 Å². The lowest BCUT2D eigenvalue weighted by Gasteiger charge is -2.40. The third kappa shape index (κ3) is 2.90. The van der Waals surface area contributed by atoms with Crippen LogP contribution in [0, 0.1) is 0 Å². The highest BCUT2D eigenvalue weighted by molar-refractivity contribution is 5.87. The van der Waals surface area contributed by atoms with Gasteiger partial charge in [-0.25, -0.2) is 0 Å². The Balaban J connectivity index is 2.14. The summed E-state index contributed by atoms with van der Waals surface area (Å²) in [5.41, 5.74) is -0.778. The van der Waals surface area contributed by atoms with E-state index >= 15 is 0 Å². The van der Waals surface area contributed by atoms with Gasteiger partial charge in [0.1, 0.15) is 0 Å². The zero-order valence-corrected chi connectivity index (χ0v) is 11.6. The topological polar surface area (TPSA) is 67.9 Å². The SMILES string of the molecule is COC1(C(=O)N2CCNC(=O)CC2C)CCOCC1. The molecule has 6 nitrogen and oxygen atoms in total. The minimum absolute atomic E-state index is 0.00115. The summed E-state index contributed by atoms with van der Waals surface area (Å²) in [5, 5.41) is 2.79. The average Bonchev–Trinajstić information content (AvgIpc) is 2.59. The molecule has 1 N–H and O–H groups in total. The van der Waals surface area contributed by atoms with E-state index in [1.165, 1.54) is 0 Å². The molecule has 0 aromatic rings. The predicted octanol–water partition coefficient (Wildman–Crippen LogP) is -0.0810.